The fourth-order valence-electron chi connectivity index (χ4n) is 3.96. The maximum absolute atomic E-state index is 14.2. The first-order chi connectivity index (χ1) is 15.1. The third kappa shape index (κ3) is 4.62. The predicted octanol–water partition coefficient (Wildman–Crippen LogP) is 1.29. The van der Waals surface area contributed by atoms with Crippen LogP contribution in [0.1, 0.15) is 38.3 Å². The van der Waals surface area contributed by atoms with Gasteiger partial charge in [0.2, 0.25) is 5.28 Å². The molecule has 1 aliphatic heterocycles. The molecule has 0 amide bonds. The summed E-state index contributed by atoms with van der Waals surface area (Å²) in [5, 5.41) is 27.6. The van der Waals surface area contributed by atoms with Gasteiger partial charge in [0.15, 0.2) is 11.9 Å². The minimum atomic E-state index is -5.39. The second-order valence-electron chi connectivity index (χ2n) is 7.95. The molecule has 0 radical (unpaired) electrons. The van der Waals surface area contributed by atoms with Crippen molar-refractivity contribution in [1.82, 2.24) is 19.7 Å². The molecule has 1 aliphatic carbocycles. The predicted molar refractivity (Wildman–Crippen MR) is 110 cm³/mol. The first kappa shape index (κ1) is 23.7. The number of aliphatic hydroxyl groups excluding tert-OH is 2. The number of nitrogens with zero attached hydrogens (tertiary/aromatic N) is 4. The van der Waals surface area contributed by atoms with E-state index in [9.17, 15) is 14.1 Å². The van der Waals surface area contributed by atoms with Gasteiger partial charge in [0, 0.05) is 12.5 Å². The summed E-state index contributed by atoms with van der Waals surface area (Å²) in [6.45, 7) is -2.15. The highest BCUT2D eigenvalue weighted by atomic mass is 35.5. The van der Waals surface area contributed by atoms with Crippen LogP contribution in [0, 0.1) is 0 Å². The van der Waals surface area contributed by atoms with Gasteiger partial charge in [-0.2, -0.15) is 19.5 Å². The van der Waals surface area contributed by atoms with Gasteiger partial charge in [-0.1, -0.05) is 12.8 Å². The SMILES string of the molecule is O=P(O)(O)C(F)(CO)OC[C@@H]1C[C@@H](O)[C@H](n2ncc3c(NC4CCCC4)nc(Cl)nc32)O1. The Morgan fingerprint density at radius 3 is 2.75 bits per heavy atom. The molecule has 1 unspecified atom stereocenters. The number of ether oxygens (including phenoxy) is 2. The minimum Gasteiger partial charge on any atom is -0.390 e. The van der Waals surface area contributed by atoms with Crippen molar-refractivity contribution in [3.8, 4) is 0 Å². The van der Waals surface area contributed by atoms with E-state index in [4.69, 9.17) is 31.2 Å². The molecule has 0 bridgehead atoms. The Morgan fingerprint density at radius 2 is 2.09 bits per heavy atom. The van der Waals surface area contributed by atoms with Crippen LogP contribution in [0.2, 0.25) is 5.28 Å². The van der Waals surface area contributed by atoms with Gasteiger partial charge in [-0.3, -0.25) is 4.57 Å². The summed E-state index contributed by atoms with van der Waals surface area (Å²) >= 11 is 6.10. The molecule has 4 atom stereocenters. The summed E-state index contributed by atoms with van der Waals surface area (Å²) < 4.78 is 37.1. The van der Waals surface area contributed by atoms with Crippen LogP contribution in [0.4, 0.5) is 10.2 Å². The van der Waals surface area contributed by atoms with E-state index in [2.05, 4.69) is 25.1 Å². The number of alkyl halides is 1. The summed E-state index contributed by atoms with van der Waals surface area (Å²) in [5.74, 6) is 0.525. The molecule has 2 fully saturated rings. The number of aromatic nitrogens is 4. The van der Waals surface area contributed by atoms with Crippen molar-refractivity contribution in [2.45, 2.75) is 62.2 Å². The molecule has 178 valence electrons. The smallest absolute Gasteiger partial charge is 0.390 e. The number of anilines is 1. The van der Waals surface area contributed by atoms with Crippen molar-refractivity contribution in [2.24, 2.45) is 0 Å². The maximum atomic E-state index is 14.2. The molecule has 2 aliphatic rings. The molecule has 3 heterocycles. The minimum absolute atomic E-state index is 0.0149. The van der Waals surface area contributed by atoms with Crippen LogP contribution in [0.15, 0.2) is 6.20 Å². The highest BCUT2D eigenvalue weighted by molar-refractivity contribution is 7.53. The largest absolute Gasteiger partial charge is 0.392 e. The molecular weight excluding hydrogens is 472 g/mol. The number of rotatable bonds is 8. The van der Waals surface area contributed by atoms with Gasteiger partial charge in [0.25, 0.3) is 0 Å². The first-order valence-corrected chi connectivity index (χ1v) is 12.1. The normalized spacial score (nSPS) is 26.6. The molecule has 5 N–H and O–H groups in total. The standard InChI is InChI=1S/C17H24ClFN5O7P/c18-16-22-13(21-9-3-1-2-4-9)11-6-20-24(14(11)23-16)15-12(26)5-10(31-15)7-30-17(19,8-25)32(27,28)29/h6,9-10,12,15,25-26H,1-5,7-8H2,(H,21,22,23)(H2,27,28,29)/t10-,12+,15+,17?/m0/s1. The van der Waals surface area contributed by atoms with E-state index in [1.165, 1.54) is 10.9 Å². The summed E-state index contributed by atoms with van der Waals surface area (Å²) in [7, 11) is -5.39. The van der Waals surface area contributed by atoms with Crippen LogP contribution in [-0.2, 0) is 14.0 Å². The average molecular weight is 496 g/mol. The van der Waals surface area contributed by atoms with E-state index in [1.807, 2.05) is 0 Å². The Kier molecular flexibility index (Phi) is 6.72. The van der Waals surface area contributed by atoms with E-state index in [-0.39, 0.29) is 17.7 Å². The Morgan fingerprint density at radius 1 is 1.38 bits per heavy atom. The number of aliphatic hydroxyl groups is 2. The summed E-state index contributed by atoms with van der Waals surface area (Å²) in [5.41, 5.74) is -3.24. The topological polar surface area (TPSA) is 172 Å². The van der Waals surface area contributed by atoms with Crippen LogP contribution in [0.3, 0.4) is 0 Å². The monoisotopic (exact) mass is 495 g/mol. The van der Waals surface area contributed by atoms with Crippen LogP contribution < -0.4 is 5.32 Å². The zero-order valence-electron chi connectivity index (χ0n) is 16.8. The van der Waals surface area contributed by atoms with Crippen molar-refractivity contribution in [2.75, 3.05) is 18.5 Å². The Balaban J connectivity index is 1.52. The van der Waals surface area contributed by atoms with Crippen LogP contribution in [-0.4, -0.2) is 76.8 Å². The fourth-order valence-corrected chi connectivity index (χ4v) is 4.55. The van der Waals surface area contributed by atoms with Gasteiger partial charge in [0.05, 0.1) is 24.3 Å². The highest BCUT2D eigenvalue weighted by Crippen LogP contribution is 2.52. The van der Waals surface area contributed by atoms with E-state index in [0.717, 1.165) is 25.7 Å². The Bertz CT molecular complexity index is 1020. The molecule has 1 saturated heterocycles. The molecule has 32 heavy (non-hydrogen) atoms. The molecule has 15 heteroatoms. The average Bonchev–Trinajstić information content (AvgIpc) is 3.45. The Labute approximate surface area is 186 Å². The van der Waals surface area contributed by atoms with Crippen LogP contribution in [0.5, 0.6) is 0 Å². The number of nitrogens with one attached hydrogen (secondary N) is 1. The molecular formula is C17H24ClFN5O7P. The van der Waals surface area contributed by atoms with Gasteiger partial charge < -0.3 is 34.8 Å². The number of fused-ring (bicyclic) bond motifs is 1. The maximum Gasteiger partial charge on any atom is 0.392 e. The van der Waals surface area contributed by atoms with Gasteiger partial charge in [-0.25, -0.2) is 4.68 Å². The van der Waals surface area contributed by atoms with Crippen molar-refractivity contribution >= 4 is 36.0 Å². The van der Waals surface area contributed by atoms with Crippen molar-refractivity contribution in [3.05, 3.63) is 11.5 Å². The quantitative estimate of drug-likeness (QED) is 0.264. The van der Waals surface area contributed by atoms with Gasteiger partial charge >= 0.3 is 13.2 Å². The van der Waals surface area contributed by atoms with E-state index in [0.29, 0.717) is 16.9 Å². The number of hydrogen-bond donors (Lipinski definition) is 5. The Hall–Kier alpha value is -1.44. The lowest BCUT2D eigenvalue weighted by Crippen LogP contribution is -2.34. The second-order valence-corrected chi connectivity index (χ2v) is 10.0. The van der Waals surface area contributed by atoms with E-state index in [1.54, 1.807) is 0 Å². The molecule has 1 saturated carbocycles. The first-order valence-electron chi connectivity index (χ1n) is 10.1. The van der Waals surface area contributed by atoms with Crippen molar-refractivity contribution < 1.29 is 38.4 Å². The lowest BCUT2D eigenvalue weighted by molar-refractivity contribution is -0.151. The zero-order chi connectivity index (χ0) is 23.1. The molecule has 0 aromatic carbocycles. The third-order valence-corrected chi connectivity index (χ3v) is 6.96. The fraction of sp³-hybridized carbons (Fsp3) is 0.706. The van der Waals surface area contributed by atoms with Crippen LogP contribution in [0.25, 0.3) is 11.0 Å². The van der Waals surface area contributed by atoms with Crippen molar-refractivity contribution in [3.63, 3.8) is 0 Å². The number of halogens is 2. The lowest BCUT2D eigenvalue weighted by atomic mass is 10.2. The van der Waals surface area contributed by atoms with Gasteiger partial charge in [-0.05, 0) is 24.4 Å². The molecule has 4 rings (SSSR count). The van der Waals surface area contributed by atoms with Crippen LogP contribution >= 0.6 is 19.2 Å². The van der Waals surface area contributed by atoms with Crippen molar-refractivity contribution in [1.29, 1.82) is 0 Å². The van der Waals surface area contributed by atoms with Gasteiger partial charge in [0.1, 0.15) is 18.5 Å². The molecule has 2 aromatic rings. The van der Waals surface area contributed by atoms with Gasteiger partial charge in [-0.15, -0.1) is 0 Å². The third-order valence-electron chi connectivity index (χ3n) is 5.65. The van der Waals surface area contributed by atoms with E-state index >= 15 is 0 Å². The second kappa shape index (κ2) is 9.07. The highest BCUT2D eigenvalue weighted by Gasteiger charge is 2.50. The molecule has 2 aromatic heterocycles. The number of hydrogen-bond acceptors (Lipinski definition) is 9. The summed E-state index contributed by atoms with van der Waals surface area (Å²) in [6, 6.07) is 0.267. The molecule has 0 spiro atoms. The summed E-state index contributed by atoms with van der Waals surface area (Å²) in [4.78, 5) is 26.6. The zero-order valence-corrected chi connectivity index (χ0v) is 18.5. The van der Waals surface area contributed by atoms with E-state index < -0.39 is 44.8 Å². The lowest BCUT2D eigenvalue weighted by Gasteiger charge is -2.25. The molecule has 12 nitrogen and oxygen atoms in total. The summed E-state index contributed by atoms with van der Waals surface area (Å²) in [6.07, 6.45) is 2.75.